The van der Waals surface area contributed by atoms with Gasteiger partial charge in [0.1, 0.15) is 25.4 Å². The molecule has 2 atom stereocenters. The number of hydrogen-bond donors (Lipinski definition) is 4. The Morgan fingerprint density at radius 3 is 1.45 bits per heavy atom. The van der Waals surface area contributed by atoms with E-state index in [-0.39, 0.29) is 26.1 Å². The van der Waals surface area contributed by atoms with Gasteiger partial charge < -0.3 is 0 Å². The van der Waals surface area contributed by atoms with Crippen LogP contribution in [0.15, 0.2) is 24.3 Å². The van der Waals surface area contributed by atoms with Crippen molar-refractivity contribution >= 4 is 0 Å². The highest BCUT2D eigenvalue weighted by Gasteiger charge is 2.17. The van der Waals surface area contributed by atoms with Gasteiger partial charge in [-0.2, -0.15) is 0 Å². The Labute approximate surface area is 115 Å². The van der Waals surface area contributed by atoms with Gasteiger partial charge >= 0.3 is 0 Å². The quantitative estimate of drug-likeness (QED) is 0.378. The molecular weight excluding hydrogens is 272 g/mol. The lowest BCUT2D eigenvalue weighted by Gasteiger charge is -2.17. The van der Waals surface area contributed by atoms with Gasteiger partial charge in [-0.1, -0.05) is 24.3 Å². The highest BCUT2D eigenvalue weighted by molar-refractivity contribution is 5.28. The van der Waals surface area contributed by atoms with Gasteiger partial charge in [0.2, 0.25) is 0 Å². The Bertz CT molecular complexity index is 337. The fraction of sp³-hybridized carbons (Fsp3) is 0.500. The zero-order valence-corrected chi connectivity index (χ0v) is 10.7. The maximum absolute atomic E-state index is 8.71. The summed E-state index contributed by atoms with van der Waals surface area (Å²) in [5, 5.41) is 34.2. The zero-order chi connectivity index (χ0) is 14.8. The SMILES string of the molecule is OOCC(Cc1ccccc1CC(COO)OO)OO. The fourth-order valence-electron chi connectivity index (χ4n) is 1.87. The molecule has 1 aromatic carbocycles. The average molecular weight is 290 g/mol. The van der Waals surface area contributed by atoms with Crippen LogP contribution < -0.4 is 0 Å². The first kappa shape index (κ1) is 17.0. The minimum atomic E-state index is -0.733. The third-order valence-corrected chi connectivity index (χ3v) is 2.83. The Morgan fingerprint density at radius 1 is 0.750 bits per heavy atom. The van der Waals surface area contributed by atoms with E-state index in [1.807, 2.05) is 0 Å². The van der Waals surface area contributed by atoms with E-state index in [9.17, 15) is 0 Å². The minimum absolute atomic E-state index is 0.190. The molecule has 0 saturated heterocycles. The van der Waals surface area contributed by atoms with Crippen molar-refractivity contribution in [3.63, 3.8) is 0 Å². The molecule has 0 aliphatic carbocycles. The zero-order valence-electron chi connectivity index (χ0n) is 10.7. The van der Waals surface area contributed by atoms with Gasteiger partial charge in [-0.25, -0.2) is 19.6 Å². The number of rotatable bonds is 10. The maximum atomic E-state index is 8.71. The van der Waals surface area contributed by atoms with Crippen molar-refractivity contribution in [2.45, 2.75) is 25.0 Å². The van der Waals surface area contributed by atoms with Crippen molar-refractivity contribution in [2.75, 3.05) is 13.2 Å². The lowest BCUT2D eigenvalue weighted by molar-refractivity contribution is -0.326. The standard InChI is InChI=1S/C12H18O8/c13-17-7-11(19-15)5-9-3-1-2-4-10(9)6-12(20-16)8-18-14/h1-4,11-16H,5-8H2. The first-order valence-corrected chi connectivity index (χ1v) is 5.95. The molecule has 0 amide bonds. The molecule has 0 aliphatic rings. The molecule has 8 nitrogen and oxygen atoms in total. The molecule has 4 N–H and O–H groups in total. The Hall–Kier alpha value is -1.10. The second kappa shape index (κ2) is 9.75. The van der Waals surface area contributed by atoms with Crippen LogP contribution in [-0.2, 0) is 32.4 Å². The van der Waals surface area contributed by atoms with Crippen LogP contribution in [0.5, 0.6) is 0 Å². The minimum Gasteiger partial charge on any atom is -0.252 e. The normalized spacial score (nSPS) is 14.2. The van der Waals surface area contributed by atoms with Crippen LogP contribution in [0.1, 0.15) is 11.1 Å². The van der Waals surface area contributed by atoms with Crippen LogP contribution in [0.2, 0.25) is 0 Å². The first-order chi connectivity index (χ1) is 9.74. The molecule has 2 unspecified atom stereocenters. The summed E-state index contributed by atoms with van der Waals surface area (Å²) in [6.45, 7) is -0.380. The van der Waals surface area contributed by atoms with E-state index in [1.165, 1.54) is 0 Å². The van der Waals surface area contributed by atoms with E-state index in [0.29, 0.717) is 0 Å². The van der Waals surface area contributed by atoms with Crippen LogP contribution in [-0.4, -0.2) is 46.5 Å². The third-order valence-electron chi connectivity index (χ3n) is 2.83. The summed E-state index contributed by atoms with van der Waals surface area (Å²) in [6, 6.07) is 7.19. The van der Waals surface area contributed by atoms with Crippen molar-refractivity contribution in [1.29, 1.82) is 0 Å². The largest absolute Gasteiger partial charge is 0.252 e. The summed E-state index contributed by atoms with van der Waals surface area (Å²) >= 11 is 0. The summed E-state index contributed by atoms with van der Waals surface area (Å²) < 4.78 is 0. The van der Waals surface area contributed by atoms with Gasteiger partial charge in [0.05, 0.1) is 0 Å². The predicted molar refractivity (Wildman–Crippen MR) is 66.0 cm³/mol. The molecule has 0 saturated carbocycles. The molecular formula is C12H18O8. The predicted octanol–water partition coefficient (Wildman–Crippen LogP) is 1.47. The lowest BCUT2D eigenvalue weighted by atomic mass is 9.97. The molecule has 1 aromatic rings. The van der Waals surface area contributed by atoms with Gasteiger partial charge in [-0.15, -0.1) is 0 Å². The van der Waals surface area contributed by atoms with E-state index in [2.05, 4.69) is 19.6 Å². The molecule has 0 spiro atoms. The van der Waals surface area contributed by atoms with Crippen molar-refractivity contribution in [2.24, 2.45) is 0 Å². The molecule has 1 rings (SSSR count). The van der Waals surface area contributed by atoms with E-state index < -0.39 is 12.2 Å². The molecule has 0 heterocycles. The maximum Gasteiger partial charge on any atom is 0.123 e. The summed E-state index contributed by atoms with van der Waals surface area (Å²) in [4.78, 5) is 16.3. The molecule has 20 heavy (non-hydrogen) atoms. The van der Waals surface area contributed by atoms with E-state index in [1.54, 1.807) is 24.3 Å². The Morgan fingerprint density at radius 2 is 1.15 bits per heavy atom. The summed E-state index contributed by atoms with van der Waals surface area (Å²) in [5.74, 6) is 0. The van der Waals surface area contributed by atoms with Gasteiger partial charge in [0.25, 0.3) is 0 Å². The molecule has 8 heteroatoms. The van der Waals surface area contributed by atoms with E-state index in [0.717, 1.165) is 11.1 Å². The highest BCUT2D eigenvalue weighted by atomic mass is 17.1. The van der Waals surface area contributed by atoms with Crippen LogP contribution in [0.4, 0.5) is 0 Å². The van der Waals surface area contributed by atoms with Crippen LogP contribution in [0, 0.1) is 0 Å². The fourth-order valence-corrected chi connectivity index (χ4v) is 1.87. The molecule has 0 fully saturated rings. The lowest BCUT2D eigenvalue weighted by Crippen LogP contribution is -2.24. The second-order valence-corrected chi connectivity index (χ2v) is 4.22. The Kier molecular flexibility index (Phi) is 8.26. The second-order valence-electron chi connectivity index (χ2n) is 4.22. The van der Waals surface area contributed by atoms with E-state index in [4.69, 9.17) is 21.0 Å². The van der Waals surface area contributed by atoms with Crippen molar-refractivity contribution in [3.8, 4) is 0 Å². The highest BCUT2D eigenvalue weighted by Crippen LogP contribution is 2.16. The van der Waals surface area contributed by atoms with Gasteiger partial charge in [-0.05, 0) is 11.1 Å². The van der Waals surface area contributed by atoms with Gasteiger partial charge in [-0.3, -0.25) is 21.0 Å². The van der Waals surface area contributed by atoms with Crippen LogP contribution in [0.25, 0.3) is 0 Å². The number of hydrogen-bond acceptors (Lipinski definition) is 8. The molecule has 0 radical (unpaired) electrons. The topological polar surface area (TPSA) is 118 Å². The molecule has 0 aliphatic heterocycles. The summed E-state index contributed by atoms with van der Waals surface area (Å²) in [7, 11) is 0. The smallest absolute Gasteiger partial charge is 0.123 e. The van der Waals surface area contributed by atoms with Crippen LogP contribution >= 0.6 is 0 Å². The first-order valence-electron chi connectivity index (χ1n) is 5.95. The summed E-state index contributed by atoms with van der Waals surface area (Å²) in [5.41, 5.74) is 1.62. The number of benzene rings is 1. The summed E-state index contributed by atoms with van der Waals surface area (Å²) in [6.07, 6.45) is -0.899. The Balaban J connectivity index is 2.76. The molecule has 0 bridgehead atoms. The molecule has 0 aromatic heterocycles. The monoisotopic (exact) mass is 290 g/mol. The van der Waals surface area contributed by atoms with Crippen molar-refractivity contribution < 1.29 is 40.6 Å². The van der Waals surface area contributed by atoms with Crippen molar-refractivity contribution in [1.82, 2.24) is 0 Å². The van der Waals surface area contributed by atoms with Gasteiger partial charge in [0, 0.05) is 12.8 Å². The third kappa shape index (κ3) is 5.49. The van der Waals surface area contributed by atoms with Gasteiger partial charge in [0.15, 0.2) is 0 Å². The molecule has 114 valence electrons. The van der Waals surface area contributed by atoms with Crippen molar-refractivity contribution in [3.05, 3.63) is 35.4 Å². The van der Waals surface area contributed by atoms with Crippen LogP contribution in [0.3, 0.4) is 0 Å². The van der Waals surface area contributed by atoms with E-state index >= 15 is 0 Å². The average Bonchev–Trinajstić information content (AvgIpc) is 2.48.